The van der Waals surface area contributed by atoms with Crippen LogP contribution < -0.4 is 26.2 Å². The largest absolute Gasteiger partial charge is 0.543 e. The first-order valence-electron chi connectivity index (χ1n) is 12.7. The number of hydrogen-bond donors (Lipinski definition) is 3. The van der Waals surface area contributed by atoms with E-state index in [-0.39, 0.29) is 41.4 Å². The number of carboxylic acid groups (broad SMARTS) is 1. The van der Waals surface area contributed by atoms with Crippen LogP contribution in [0.3, 0.4) is 0 Å². The maximum absolute atomic E-state index is 15.1. The first kappa shape index (κ1) is 29.7. The van der Waals surface area contributed by atoms with Crippen molar-refractivity contribution in [3.05, 3.63) is 82.3 Å². The van der Waals surface area contributed by atoms with Gasteiger partial charge in [0, 0.05) is 29.0 Å². The Morgan fingerprint density at radius 2 is 1.95 bits per heavy atom. The zero-order valence-corrected chi connectivity index (χ0v) is 23.3. The molecule has 3 aromatic rings. The fourth-order valence-electron chi connectivity index (χ4n) is 4.82. The van der Waals surface area contributed by atoms with E-state index >= 15 is 4.39 Å². The van der Waals surface area contributed by atoms with Gasteiger partial charge in [-0.15, -0.1) is 11.8 Å². The number of β-lactam (4-membered cyclic amide) rings is 1. The van der Waals surface area contributed by atoms with Gasteiger partial charge in [-0.1, -0.05) is 0 Å². The fraction of sp³-hybridized carbons (Fsp3) is 0.259. The predicted molar refractivity (Wildman–Crippen MR) is 143 cm³/mol. The van der Waals surface area contributed by atoms with E-state index in [2.05, 4.69) is 15.6 Å². The molecule has 43 heavy (non-hydrogen) atoms. The Bertz CT molecular complexity index is 1700. The standard InChI is InChI=1S/C27H24FN5O9S/c1-41-30-20(35)9-17-11-32(27(40)42-17)16-2-3-18(19(28)8-16)14-4-6-31(7-5-14)10-15-13-43-25-22(29-21(36)12-34)24(37)33(25)23(15)26(38)39/h2-8,11,22,25,34H,9-10,12-13H2,1H3,(H2-,29,30,35,36,38,39)/t22-,25+/m1/s1. The highest BCUT2D eigenvalue weighted by Crippen LogP contribution is 2.40. The zero-order valence-electron chi connectivity index (χ0n) is 22.4. The van der Waals surface area contributed by atoms with Crippen molar-refractivity contribution in [1.82, 2.24) is 20.3 Å². The van der Waals surface area contributed by atoms with Gasteiger partial charge < -0.3 is 24.7 Å². The third-order valence-electron chi connectivity index (χ3n) is 6.75. The highest BCUT2D eigenvalue weighted by molar-refractivity contribution is 8.00. The number of fused-ring (bicyclic) bond motifs is 1. The van der Waals surface area contributed by atoms with Crippen molar-refractivity contribution >= 4 is 35.5 Å². The van der Waals surface area contributed by atoms with Gasteiger partial charge in [0.15, 0.2) is 18.9 Å². The topological polar surface area (TPSA) is 187 Å². The second kappa shape index (κ2) is 12.2. The normalized spacial score (nSPS) is 17.7. The minimum atomic E-state index is -1.53. The van der Waals surface area contributed by atoms with E-state index in [4.69, 9.17) is 9.52 Å². The molecule has 3 amide bonds. The zero-order chi connectivity index (χ0) is 30.8. The summed E-state index contributed by atoms with van der Waals surface area (Å²) in [5, 5.41) is 22.7. The SMILES string of the molecule is CONC(=O)Cc1cn(-c2ccc(-c3cc[n+](CC4=C(C(=O)[O-])N5C(=O)[C@@H](NC(=O)CO)[C@@H]5SC4)cc3)c(F)c2)c(=O)o1. The molecule has 0 saturated carbocycles. The number of aliphatic carboxylic acids is 1. The van der Waals surface area contributed by atoms with E-state index in [1.165, 1.54) is 37.2 Å². The highest BCUT2D eigenvalue weighted by atomic mass is 32.2. The van der Waals surface area contributed by atoms with Crippen LogP contribution in [0.5, 0.6) is 0 Å². The number of hydroxylamine groups is 1. The number of pyridine rings is 1. The molecule has 4 heterocycles. The second-order valence-corrected chi connectivity index (χ2v) is 10.6. The Morgan fingerprint density at radius 1 is 1.21 bits per heavy atom. The Balaban J connectivity index is 1.31. The lowest BCUT2D eigenvalue weighted by Gasteiger charge is -2.50. The molecular formula is C27H24FN5O9S. The average molecular weight is 614 g/mol. The van der Waals surface area contributed by atoms with Crippen LogP contribution >= 0.6 is 11.8 Å². The summed E-state index contributed by atoms with van der Waals surface area (Å²) in [6, 6.07) is 6.47. The number of nitrogens with zero attached hydrogens (tertiary/aromatic N) is 3. The van der Waals surface area contributed by atoms with Crippen molar-refractivity contribution in [1.29, 1.82) is 0 Å². The fourth-order valence-corrected chi connectivity index (χ4v) is 6.15. The molecule has 0 aliphatic carbocycles. The molecule has 1 aromatic carbocycles. The maximum atomic E-state index is 15.1. The third kappa shape index (κ3) is 5.93. The molecule has 16 heteroatoms. The lowest BCUT2D eigenvalue weighted by atomic mass is 10.0. The Labute approximate surface area is 246 Å². The Hall–Kier alpha value is -4.80. The van der Waals surface area contributed by atoms with Crippen molar-refractivity contribution in [2.45, 2.75) is 24.4 Å². The summed E-state index contributed by atoms with van der Waals surface area (Å²) in [6.07, 6.45) is 4.29. The van der Waals surface area contributed by atoms with E-state index in [1.807, 2.05) is 0 Å². The molecule has 2 aliphatic rings. The molecule has 1 fully saturated rings. The number of halogens is 1. The number of oxazole rings is 1. The van der Waals surface area contributed by atoms with Gasteiger partial charge in [-0.05, 0) is 23.8 Å². The van der Waals surface area contributed by atoms with Gasteiger partial charge in [-0.25, -0.2) is 23.8 Å². The molecule has 5 rings (SSSR count). The highest BCUT2D eigenvalue weighted by Gasteiger charge is 2.53. The summed E-state index contributed by atoms with van der Waals surface area (Å²) in [7, 11) is 1.27. The number of thioether (sulfide) groups is 1. The maximum Gasteiger partial charge on any atom is 0.423 e. The summed E-state index contributed by atoms with van der Waals surface area (Å²) < 4.78 is 22.9. The summed E-state index contributed by atoms with van der Waals surface area (Å²) in [4.78, 5) is 65.6. The monoisotopic (exact) mass is 613 g/mol. The van der Waals surface area contributed by atoms with E-state index in [9.17, 15) is 29.1 Å². The summed E-state index contributed by atoms with van der Waals surface area (Å²) >= 11 is 1.28. The van der Waals surface area contributed by atoms with Crippen LogP contribution in [0.2, 0.25) is 0 Å². The van der Waals surface area contributed by atoms with Crippen LogP contribution in [0.4, 0.5) is 4.39 Å². The lowest BCUT2D eigenvalue weighted by Crippen LogP contribution is -2.71. The van der Waals surface area contributed by atoms with Gasteiger partial charge in [0.1, 0.15) is 29.6 Å². The molecular weight excluding hydrogens is 589 g/mol. The van der Waals surface area contributed by atoms with Crippen LogP contribution in [0, 0.1) is 5.82 Å². The third-order valence-corrected chi connectivity index (χ3v) is 8.09. The molecule has 0 bridgehead atoms. The number of carbonyl (C=O) groups is 4. The Kier molecular flexibility index (Phi) is 8.43. The summed E-state index contributed by atoms with van der Waals surface area (Å²) in [6.45, 7) is -0.686. The molecule has 2 atom stereocenters. The molecule has 0 radical (unpaired) electrons. The van der Waals surface area contributed by atoms with Crippen LogP contribution in [0.1, 0.15) is 5.76 Å². The van der Waals surface area contributed by atoms with Gasteiger partial charge in [0.25, 0.3) is 11.8 Å². The van der Waals surface area contributed by atoms with Crippen LogP contribution in [-0.2, 0) is 37.0 Å². The van der Waals surface area contributed by atoms with Crippen molar-refractivity contribution < 1.29 is 47.6 Å². The number of aliphatic hydroxyl groups excluding tert-OH is 1. The quantitative estimate of drug-likeness (QED) is 0.133. The number of rotatable bonds is 10. The van der Waals surface area contributed by atoms with Gasteiger partial charge in [0.2, 0.25) is 5.91 Å². The average Bonchev–Trinajstić information content (AvgIpc) is 3.35. The van der Waals surface area contributed by atoms with E-state index < -0.39 is 53.3 Å². The van der Waals surface area contributed by atoms with E-state index in [1.54, 1.807) is 29.1 Å². The van der Waals surface area contributed by atoms with Gasteiger partial charge in [-0.2, -0.15) is 0 Å². The molecule has 3 N–H and O–H groups in total. The van der Waals surface area contributed by atoms with Crippen LogP contribution in [0.25, 0.3) is 16.8 Å². The summed E-state index contributed by atoms with van der Waals surface area (Å²) in [5.41, 5.74) is 3.19. The van der Waals surface area contributed by atoms with Gasteiger partial charge in [0.05, 0.1) is 37.1 Å². The molecule has 224 valence electrons. The minimum Gasteiger partial charge on any atom is -0.543 e. The molecule has 1 saturated heterocycles. The van der Waals surface area contributed by atoms with Crippen molar-refractivity contribution in [3.8, 4) is 16.8 Å². The number of nitrogens with one attached hydrogen (secondary N) is 2. The van der Waals surface area contributed by atoms with Gasteiger partial charge in [-0.3, -0.25) is 24.1 Å². The smallest absolute Gasteiger partial charge is 0.423 e. The number of carbonyl (C=O) groups excluding carboxylic acids is 4. The van der Waals surface area contributed by atoms with Crippen molar-refractivity contribution in [2.24, 2.45) is 0 Å². The number of hydrogen-bond acceptors (Lipinski definition) is 10. The minimum absolute atomic E-state index is 0.0623. The molecule has 2 aliphatic heterocycles. The number of aliphatic hydroxyl groups is 1. The Morgan fingerprint density at radius 3 is 2.60 bits per heavy atom. The van der Waals surface area contributed by atoms with E-state index in [0.717, 1.165) is 15.5 Å². The molecule has 0 spiro atoms. The van der Waals surface area contributed by atoms with Crippen molar-refractivity contribution in [2.75, 3.05) is 19.5 Å². The predicted octanol–water partition coefficient (Wildman–Crippen LogP) is -1.86. The second-order valence-electron chi connectivity index (χ2n) is 9.52. The van der Waals surface area contributed by atoms with Crippen LogP contribution in [0.15, 0.2) is 69.4 Å². The number of benzene rings is 1. The molecule has 14 nitrogen and oxygen atoms in total. The first-order valence-corrected chi connectivity index (χ1v) is 13.8. The van der Waals surface area contributed by atoms with E-state index in [0.29, 0.717) is 11.1 Å². The summed E-state index contributed by atoms with van der Waals surface area (Å²) in [5.74, 6) is -4.51. The molecule has 0 unspecified atom stereocenters. The molecule has 2 aromatic heterocycles. The lowest BCUT2D eigenvalue weighted by molar-refractivity contribution is -0.689. The number of amides is 3. The van der Waals surface area contributed by atoms with Crippen LogP contribution in [-0.4, -0.2) is 69.1 Å². The number of aromatic nitrogens is 2. The van der Waals surface area contributed by atoms with Gasteiger partial charge >= 0.3 is 5.76 Å². The van der Waals surface area contributed by atoms with Crippen molar-refractivity contribution in [3.63, 3.8) is 0 Å². The number of carboxylic acids is 1. The first-order chi connectivity index (χ1) is 20.6.